The van der Waals surface area contributed by atoms with Crippen LogP contribution < -0.4 is 5.32 Å². The molecule has 0 saturated carbocycles. The SMILES string of the molecule is CCCNC(=O)c1c(-c2ccccc2)c2c3n(c(-c4ccc(F)cc4)cn13)CCCC2. The number of nitrogens with one attached hydrogen (secondary N) is 1. The number of carbonyl (C=O) groups excluding carboxylic acids is 1. The average molecular weight is 416 g/mol. The summed E-state index contributed by atoms with van der Waals surface area (Å²) in [6.45, 7) is 3.57. The van der Waals surface area contributed by atoms with E-state index >= 15 is 0 Å². The topological polar surface area (TPSA) is 38.4 Å². The number of imidazole rings is 1. The molecule has 0 radical (unpaired) electrons. The Labute approximate surface area is 181 Å². The van der Waals surface area contributed by atoms with Crippen LogP contribution in [-0.2, 0) is 13.0 Å². The van der Waals surface area contributed by atoms with Crippen LogP contribution in [0.1, 0.15) is 42.2 Å². The molecule has 2 aromatic carbocycles. The highest BCUT2D eigenvalue weighted by Crippen LogP contribution is 2.39. The summed E-state index contributed by atoms with van der Waals surface area (Å²) in [6.07, 6.45) is 6.00. The van der Waals surface area contributed by atoms with Crippen molar-refractivity contribution in [2.45, 2.75) is 39.2 Å². The van der Waals surface area contributed by atoms with Crippen molar-refractivity contribution < 1.29 is 9.18 Å². The molecular formula is C26H26FN3O. The summed E-state index contributed by atoms with van der Waals surface area (Å²) in [6, 6.07) is 16.8. The zero-order valence-corrected chi connectivity index (χ0v) is 17.7. The van der Waals surface area contributed by atoms with E-state index in [0.717, 1.165) is 60.3 Å². The predicted octanol–water partition coefficient (Wildman–Crippen LogP) is 5.69. The minimum Gasteiger partial charge on any atom is -0.351 e. The summed E-state index contributed by atoms with van der Waals surface area (Å²) >= 11 is 0. The van der Waals surface area contributed by atoms with Gasteiger partial charge in [0, 0.05) is 30.4 Å². The molecule has 4 aromatic rings. The Morgan fingerprint density at radius 1 is 1.03 bits per heavy atom. The summed E-state index contributed by atoms with van der Waals surface area (Å²) in [5, 5.41) is 3.08. The van der Waals surface area contributed by atoms with E-state index in [1.54, 1.807) is 0 Å². The molecule has 31 heavy (non-hydrogen) atoms. The van der Waals surface area contributed by atoms with Gasteiger partial charge in [0.25, 0.3) is 5.91 Å². The largest absolute Gasteiger partial charge is 0.351 e. The molecule has 5 heteroatoms. The van der Waals surface area contributed by atoms with E-state index in [4.69, 9.17) is 0 Å². The first-order chi connectivity index (χ1) is 15.2. The molecule has 0 spiro atoms. The zero-order chi connectivity index (χ0) is 21.4. The second-order valence-electron chi connectivity index (χ2n) is 8.15. The molecule has 0 saturated heterocycles. The van der Waals surface area contributed by atoms with E-state index in [0.29, 0.717) is 12.2 Å². The average Bonchev–Trinajstić information content (AvgIpc) is 3.21. The lowest BCUT2D eigenvalue weighted by Crippen LogP contribution is -2.25. The molecular weight excluding hydrogens is 389 g/mol. The van der Waals surface area contributed by atoms with Crippen LogP contribution in [-0.4, -0.2) is 21.4 Å². The molecule has 0 unspecified atom stereocenters. The van der Waals surface area contributed by atoms with Gasteiger partial charge in [-0.05, 0) is 61.1 Å². The smallest absolute Gasteiger partial charge is 0.268 e. The Hall–Kier alpha value is -3.34. The van der Waals surface area contributed by atoms with Crippen molar-refractivity contribution in [2.75, 3.05) is 6.54 Å². The molecule has 2 aromatic heterocycles. The maximum absolute atomic E-state index is 13.5. The number of nitrogens with zero attached hydrogens (tertiary/aromatic N) is 2. The van der Waals surface area contributed by atoms with E-state index in [2.05, 4.69) is 33.3 Å². The third-order valence-corrected chi connectivity index (χ3v) is 6.09. The molecule has 0 bridgehead atoms. The van der Waals surface area contributed by atoms with Crippen molar-refractivity contribution in [1.29, 1.82) is 0 Å². The summed E-state index contributed by atoms with van der Waals surface area (Å²) in [7, 11) is 0. The summed E-state index contributed by atoms with van der Waals surface area (Å²) in [5.74, 6) is -0.296. The van der Waals surface area contributed by atoms with Crippen molar-refractivity contribution in [3.8, 4) is 22.4 Å². The number of amides is 1. The number of carbonyl (C=O) groups is 1. The Kier molecular flexibility index (Phi) is 5.10. The van der Waals surface area contributed by atoms with Crippen molar-refractivity contribution in [1.82, 2.24) is 14.3 Å². The van der Waals surface area contributed by atoms with Crippen molar-refractivity contribution in [3.63, 3.8) is 0 Å². The van der Waals surface area contributed by atoms with Crippen LogP contribution in [0.15, 0.2) is 60.8 Å². The van der Waals surface area contributed by atoms with E-state index < -0.39 is 0 Å². The molecule has 0 fully saturated rings. The first-order valence-corrected chi connectivity index (χ1v) is 11.0. The monoisotopic (exact) mass is 415 g/mol. The fraction of sp³-hybridized carbons (Fsp3) is 0.269. The lowest BCUT2D eigenvalue weighted by atomic mass is 9.98. The third-order valence-electron chi connectivity index (χ3n) is 6.09. The highest BCUT2D eigenvalue weighted by atomic mass is 19.1. The van der Waals surface area contributed by atoms with E-state index in [1.807, 2.05) is 36.5 Å². The van der Waals surface area contributed by atoms with Gasteiger partial charge in [-0.25, -0.2) is 4.39 Å². The van der Waals surface area contributed by atoms with Crippen LogP contribution in [0.3, 0.4) is 0 Å². The lowest BCUT2D eigenvalue weighted by molar-refractivity contribution is 0.0948. The van der Waals surface area contributed by atoms with Gasteiger partial charge in [-0.2, -0.15) is 0 Å². The highest BCUT2D eigenvalue weighted by molar-refractivity contribution is 6.03. The molecule has 1 aliphatic heterocycles. The number of aryl methyl sites for hydroxylation is 2. The Morgan fingerprint density at radius 3 is 2.55 bits per heavy atom. The molecule has 5 rings (SSSR count). The summed E-state index contributed by atoms with van der Waals surface area (Å²) in [4.78, 5) is 13.4. The standard InChI is InChI=1S/C26H26FN3O/c1-2-15-28-25(31)24-23(19-8-4-3-5-9-19)21-10-6-7-16-29-22(17-30(24)26(21)29)18-11-13-20(27)14-12-18/h3-5,8-9,11-14,17H,2,6-7,10,15-16H2,1H3,(H,28,31). The molecule has 0 atom stereocenters. The van der Waals surface area contributed by atoms with Gasteiger partial charge in [0.05, 0.1) is 5.69 Å². The van der Waals surface area contributed by atoms with Crippen molar-refractivity contribution in [2.24, 2.45) is 0 Å². The molecule has 1 aliphatic rings. The normalized spacial score (nSPS) is 13.4. The fourth-order valence-electron chi connectivity index (χ4n) is 4.70. The van der Waals surface area contributed by atoms with Gasteiger partial charge in [-0.15, -0.1) is 0 Å². The minimum atomic E-state index is -0.246. The zero-order valence-electron chi connectivity index (χ0n) is 17.7. The van der Waals surface area contributed by atoms with Gasteiger partial charge in [0.15, 0.2) is 0 Å². The number of hydrogen-bond donors (Lipinski definition) is 1. The van der Waals surface area contributed by atoms with Crippen LogP contribution in [0.25, 0.3) is 28.0 Å². The van der Waals surface area contributed by atoms with Crippen LogP contribution in [0.4, 0.5) is 4.39 Å². The maximum atomic E-state index is 13.5. The maximum Gasteiger partial charge on any atom is 0.268 e. The van der Waals surface area contributed by atoms with Gasteiger partial charge in [0.2, 0.25) is 0 Å². The molecule has 0 aliphatic carbocycles. The fourth-order valence-corrected chi connectivity index (χ4v) is 4.70. The van der Waals surface area contributed by atoms with Gasteiger partial charge >= 0.3 is 0 Å². The quantitative estimate of drug-likeness (QED) is 0.447. The van der Waals surface area contributed by atoms with E-state index in [1.165, 1.54) is 17.7 Å². The van der Waals surface area contributed by atoms with Crippen LogP contribution in [0, 0.1) is 5.82 Å². The number of halogens is 1. The van der Waals surface area contributed by atoms with Gasteiger partial charge in [-0.1, -0.05) is 37.3 Å². The van der Waals surface area contributed by atoms with Crippen LogP contribution in [0.2, 0.25) is 0 Å². The summed E-state index contributed by atoms with van der Waals surface area (Å²) in [5.41, 5.74) is 7.07. The van der Waals surface area contributed by atoms with Crippen molar-refractivity contribution >= 4 is 11.6 Å². The Balaban J connectivity index is 1.80. The van der Waals surface area contributed by atoms with E-state index in [-0.39, 0.29) is 11.7 Å². The highest BCUT2D eigenvalue weighted by Gasteiger charge is 2.29. The minimum absolute atomic E-state index is 0.0506. The number of aromatic nitrogens is 2. The van der Waals surface area contributed by atoms with E-state index in [9.17, 15) is 9.18 Å². The second kappa shape index (κ2) is 8.06. The van der Waals surface area contributed by atoms with Crippen LogP contribution >= 0.6 is 0 Å². The number of hydrogen-bond acceptors (Lipinski definition) is 1. The molecule has 3 heterocycles. The van der Waals surface area contributed by atoms with Crippen LogP contribution in [0.5, 0.6) is 0 Å². The molecule has 1 amide bonds. The molecule has 4 nitrogen and oxygen atoms in total. The predicted molar refractivity (Wildman–Crippen MR) is 122 cm³/mol. The van der Waals surface area contributed by atoms with Gasteiger partial charge in [-0.3, -0.25) is 9.20 Å². The molecule has 158 valence electrons. The molecule has 1 N–H and O–H groups in total. The number of benzene rings is 2. The first kappa shape index (κ1) is 19.6. The second-order valence-corrected chi connectivity index (χ2v) is 8.15. The van der Waals surface area contributed by atoms with Gasteiger partial charge in [0.1, 0.15) is 17.2 Å². The first-order valence-electron chi connectivity index (χ1n) is 11.0. The number of rotatable bonds is 5. The Bertz CT molecular complexity index is 1240. The third kappa shape index (κ3) is 3.34. The van der Waals surface area contributed by atoms with Gasteiger partial charge < -0.3 is 9.88 Å². The Morgan fingerprint density at radius 2 is 1.81 bits per heavy atom. The lowest BCUT2D eigenvalue weighted by Gasteiger charge is -2.10. The summed E-state index contributed by atoms with van der Waals surface area (Å²) < 4.78 is 17.9. The van der Waals surface area contributed by atoms with Crippen molar-refractivity contribution in [3.05, 3.63) is 77.9 Å².